The summed E-state index contributed by atoms with van der Waals surface area (Å²) in [5.74, 6) is 0.289. The molecule has 1 heterocycles. The summed E-state index contributed by atoms with van der Waals surface area (Å²) in [7, 11) is 1.73. The van der Waals surface area contributed by atoms with Crippen molar-refractivity contribution in [2.24, 2.45) is 5.73 Å². The van der Waals surface area contributed by atoms with Gasteiger partial charge in [0.05, 0.1) is 12.2 Å². The van der Waals surface area contributed by atoms with Gasteiger partial charge in [-0.25, -0.2) is 0 Å². The van der Waals surface area contributed by atoms with Crippen LogP contribution in [0.25, 0.3) is 0 Å². The van der Waals surface area contributed by atoms with Crippen LogP contribution in [0, 0.1) is 0 Å². The van der Waals surface area contributed by atoms with Crippen molar-refractivity contribution in [3.05, 3.63) is 23.8 Å². The van der Waals surface area contributed by atoms with Gasteiger partial charge >= 0.3 is 0 Å². The number of carbonyl (C=O) groups is 2. The van der Waals surface area contributed by atoms with Gasteiger partial charge < -0.3 is 20.7 Å². The maximum Gasteiger partial charge on any atom is 0.264 e. The quantitative estimate of drug-likeness (QED) is 0.712. The van der Waals surface area contributed by atoms with Crippen LogP contribution in [0.2, 0.25) is 0 Å². The lowest BCUT2D eigenvalue weighted by atomic mass is 10.1. The van der Waals surface area contributed by atoms with E-state index < -0.39 is 0 Å². The normalized spacial score (nSPS) is 13.9. The van der Waals surface area contributed by atoms with Gasteiger partial charge in [-0.15, -0.1) is 0 Å². The summed E-state index contributed by atoms with van der Waals surface area (Å²) in [6.45, 7) is 0.912. The Balaban J connectivity index is 2.00. The molecule has 1 aliphatic heterocycles. The smallest absolute Gasteiger partial charge is 0.264 e. The minimum absolute atomic E-state index is 0.0588. The molecule has 102 valence electrons. The predicted octanol–water partition coefficient (Wildman–Crippen LogP) is -0.341. The Bertz CT molecular complexity index is 502. The van der Waals surface area contributed by atoms with E-state index in [0.29, 0.717) is 6.54 Å². The highest BCUT2D eigenvalue weighted by Crippen LogP contribution is 2.31. The molecule has 0 saturated heterocycles. The monoisotopic (exact) mass is 263 g/mol. The number of fused-ring (bicyclic) bond motifs is 1. The summed E-state index contributed by atoms with van der Waals surface area (Å²) in [5, 5.41) is 2.95. The minimum atomic E-state index is -0.371. The topological polar surface area (TPSA) is 84.7 Å². The Hall–Kier alpha value is -2.08. The molecule has 0 bridgehead atoms. The molecule has 0 aliphatic carbocycles. The molecule has 0 unspecified atom stereocenters. The van der Waals surface area contributed by atoms with Crippen LogP contribution in [0.1, 0.15) is 5.56 Å². The number of benzene rings is 1. The Kier molecular flexibility index (Phi) is 4.01. The van der Waals surface area contributed by atoms with Gasteiger partial charge in [-0.3, -0.25) is 9.59 Å². The zero-order valence-electron chi connectivity index (χ0n) is 10.8. The molecule has 2 rings (SSSR count). The number of hydrogen-bond donors (Lipinski definition) is 2. The summed E-state index contributed by atoms with van der Waals surface area (Å²) in [5.41, 5.74) is 6.89. The Morgan fingerprint density at radius 1 is 1.53 bits per heavy atom. The molecule has 19 heavy (non-hydrogen) atoms. The van der Waals surface area contributed by atoms with E-state index in [1.165, 1.54) is 0 Å². The van der Waals surface area contributed by atoms with E-state index in [-0.39, 0.29) is 25.0 Å². The Morgan fingerprint density at radius 2 is 2.32 bits per heavy atom. The van der Waals surface area contributed by atoms with Crippen molar-refractivity contribution in [2.75, 3.05) is 31.6 Å². The molecule has 0 saturated carbocycles. The average Bonchev–Trinajstić information content (AvgIpc) is 2.39. The van der Waals surface area contributed by atoms with E-state index in [1.807, 2.05) is 18.2 Å². The van der Waals surface area contributed by atoms with Gasteiger partial charge in [0.2, 0.25) is 5.91 Å². The number of nitrogens with two attached hydrogens (primary N) is 1. The summed E-state index contributed by atoms with van der Waals surface area (Å²) >= 11 is 0. The van der Waals surface area contributed by atoms with Crippen molar-refractivity contribution in [2.45, 2.75) is 6.42 Å². The largest absolute Gasteiger partial charge is 0.482 e. The van der Waals surface area contributed by atoms with Crippen molar-refractivity contribution in [1.82, 2.24) is 5.32 Å². The van der Waals surface area contributed by atoms with E-state index in [9.17, 15) is 9.59 Å². The SMILES string of the molecule is CN1C(=O)COc2ccc(CCNCC(N)=O)cc21. The van der Waals surface area contributed by atoms with Gasteiger partial charge in [-0.2, -0.15) is 0 Å². The van der Waals surface area contributed by atoms with Gasteiger partial charge in [0.1, 0.15) is 5.75 Å². The fourth-order valence-corrected chi connectivity index (χ4v) is 1.92. The zero-order chi connectivity index (χ0) is 13.8. The maximum absolute atomic E-state index is 11.5. The number of nitrogens with zero attached hydrogens (tertiary/aromatic N) is 1. The molecule has 0 atom stereocenters. The highest BCUT2D eigenvalue weighted by Gasteiger charge is 2.21. The average molecular weight is 263 g/mol. The van der Waals surface area contributed by atoms with Crippen molar-refractivity contribution < 1.29 is 14.3 Å². The zero-order valence-corrected chi connectivity index (χ0v) is 10.8. The fourth-order valence-electron chi connectivity index (χ4n) is 1.92. The van der Waals surface area contributed by atoms with Crippen LogP contribution in [0.15, 0.2) is 18.2 Å². The van der Waals surface area contributed by atoms with Gasteiger partial charge in [0.15, 0.2) is 6.61 Å². The molecule has 2 amide bonds. The third-order valence-electron chi connectivity index (χ3n) is 3.00. The molecule has 1 aliphatic rings. The molecule has 3 N–H and O–H groups in total. The molecular formula is C13H17N3O3. The second-order valence-electron chi connectivity index (χ2n) is 4.44. The number of carbonyl (C=O) groups excluding carboxylic acids is 2. The highest BCUT2D eigenvalue weighted by atomic mass is 16.5. The second kappa shape index (κ2) is 5.71. The number of ether oxygens (including phenoxy) is 1. The first-order chi connectivity index (χ1) is 9.08. The molecule has 6 heteroatoms. The molecule has 1 aromatic rings. The molecule has 0 fully saturated rings. The molecule has 0 spiro atoms. The fraction of sp³-hybridized carbons (Fsp3) is 0.385. The van der Waals surface area contributed by atoms with Crippen molar-refractivity contribution in [3.63, 3.8) is 0 Å². The van der Waals surface area contributed by atoms with Crippen LogP contribution in [0.5, 0.6) is 5.75 Å². The van der Waals surface area contributed by atoms with Gasteiger partial charge in [-0.05, 0) is 30.7 Å². The lowest BCUT2D eigenvalue weighted by molar-refractivity contribution is -0.121. The number of amides is 2. The predicted molar refractivity (Wildman–Crippen MR) is 71.1 cm³/mol. The lowest BCUT2D eigenvalue weighted by Gasteiger charge is -2.26. The minimum Gasteiger partial charge on any atom is -0.482 e. The molecule has 6 nitrogen and oxygen atoms in total. The van der Waals surface area contributed by atoms with E-state index in [4.69, 9.17) is 10.5 Å². The maximum atomic E-state index is 11.5. The van der Waals surface area contributed by atoms with E-state index in [1.54, 1.807) is 11.9 Å². The number of nitrogens with one attached hydrogen (secondary N) is 1. The number of likely N-dealkylation sites (N-methyl/N-ethyl adjacent to an activating group) is 1. The third-order valence-corrected chi connectivity index (χ3v) is 3.00. The van der Waals surface area contributed by atoms with Gasteiger partial charge in [0.25, 0.3) is 5.91 Å². The lowest BCUT2D eigenvalue weighted by Crippen LogP contribution is -2.35. The number of anilines is 1. The van der Waals surface area contributed by atoms with E-state index >= 15 is 0 Å². The van der Waals surface area contributed by atoms with Gasteiger partial charge in [0, 0.05) is 7.05 Å². The van der Waals surface area contributed by atoms with Crippen molar-refractivity contribution in [3.8, 4) is 5.75 Å². The standard InChI is InChI=1S/C13H17N3O3/c1-16-10-6-9(4-5-15-7-12(14)17)2-3-11(10)19-8-13(16)18/h2-3,6,15H,4-5,7-8H2,1H3,(H2,14,17). The first-order valence-corrected chi connectivity index (χ1v) is 6.09. The van der Waals surface area contributed by atoms with Crippen molar-refractivity contribution in [1.29, 1.82) is 0 Å². The molecular weight excluding hydrogens is 246 g/mol. The van der Waals surface area contributed by atoms with Crippen LogP contribution in [0.4, 0.5) is 5.69 Å². The van der Waals surface area contributed by atoms with Crippen LogP contribution in [-0.2, 0) is 16.0 Å². The van der Waals surface area contributed by atoms with Crippen LogP contribution < -0.4 is 20.7 Å². The number of hydrogen-bond acceptors (Lipinski definition) is 4. The van der Waals surface area contributed by atoms with Crippen LogP contribution >= 0.6 is 0 Å². The van der Waals surface area contributed by atoms with E-state index in [2.05, 4.69) is 5.32 Å². The summed E-state index contributed by atoms with van der Waals surface area (Å²) in [4.78, 5) is 23.7. The molecule has 0 aromatic heterocycles. The van der Waals surface area contributed by atoms with E-state index in [0.717, 1.165) is 23.4 Å². The third kappa shape index (κ3) is 3.23. The summed E-state index contributed by atoms with van der Waals surface area (Å²) in [6.07, 6.45) is 0.753. The Labute approximate surface area is 111 Å². The number of rotatable bonds is 5. The summed E-state index contributed by atoms with van der Waals surface area (Å²) < 4.78 is 5.35. The first kappa shape index (κ1) is 13.4. The van der Waals surface area contributed by atoms with Crippen LogP contribution in [0.3, 0.4) is 0 Å². The molecule has 1 aromatic carbocycles. The first-order valence-electron chi connectivity index (χ1n) is 6.09. The van der Waals surface area contributed by atoms with Gasteiger partial charge in [-0.1, -0.05) is 6.07 Å². The highest BCUT2D eigenvalue weighted by molar-refractivity contribution is 5.97. The van der Waals surface area contributed by atoms with Crippen LogP contribution in [-0.4, -0.2) is 38.6 Å². The Morgan fingerprint density at radius 3 is 3.05 bits per heavy atom. The molecule has 0 radical (unpaired) electrons. The van der Waals surface area contributed by atoms with Crippen molar-refractivity contribution >= 4 is 17.5 Å². The number of primary amides is 1. The summed E-state index contributed by atoms with van der Waals surface area (Å²) in [6, 6.07) is 5.74. The second-order valence-corrected chi connectivity index (χ2v) is 4.44.